The van der Waals surface area contributed by atoms with E-state index in [2.05, 4.69) is 4.98 Å². The van der Waals surface area contributed by atoms with Gasteiger partial charge in [-0.05, 0) is 31.7 Å². The molecule has 0 spiro atoms. The number of rotatable bonds is 5. The largest absolute Gasteiger partial charge is 0.389 e. The van der Waals surface area contributed by atoms with Crippen LogP contribution in [0, 0.1) is 0 Å². The predicted molar refractivity (Wildman–Crippen MR) is 73.9 cm³/mol. The average molecular weight is 268 g/mol. The number of carbonyl (C=O) groups is 1. The van der Waals surface area contributed by atoms with E-state index in [0.717, 1.165) is 10.8 Å². The summed E-state index contributed by atoms with van der Waals surface area (Å²) < 4.78 is 0. The van der Waals surface area contributed by atoms with E-state index in [4.69, 9.17) is 0 Å². The van der Waals surface area contributed by atoms with Crippen molar-refractivity contribution in [2.45, 2.75) is 31.4 Å². The highest BCUT2D eigenvalue weighted by atomic mass is 32.2. The van der Waals surface area contributed by atoms with Gasteiger partial charge in [-0.25, -0.2) is 4.98 Å². The van der Waals surface area contributed by atoms with Crippen LogP contribution in [0.15, 0.2) is 23.4 Å². The first-order valence-electron chi connectivity index (χ1n) is 5.90. The lowest BCUT2D eigenvalue weighted by Crippen LogP contribution is -2.39. The van der Waals surface area contributed by atoms with Gasteiger partial charge in [0.1, 0.15) is 0 Å². The van der Waals surface area contributed by atoms with E-state index in [0.29, 0.717) is 12.1 Å². The summed E-state index contributed by atoms with van der Waals surface area (Å²) in [6, 6.07) is 3.49. The van der Waals surface area contributed by atoms with Crippen LogP contribution in [0.4, 0.5) is 0 Å². The summed E-state index contributed by atoms with van der Waals surface area (Å²) in [5.41, 5.74) is -0.286. The molecule has 0 aliphatic carbocycles. The topological polar surface area (TPSA) is 53.4 Å². The van der Waals surface area contributed by atoms with Crippen molar-refractivity contribution in [1.82, 2.24) is 9.88 Å². The molecule has 0 bridgehead atoms. The van der Waals surface area contributed by atoms with Crippen molar-refractivity contribution < 1.29 is 9.90 Å². The Hall–Kier alpha value is -1.07. The molecule has 0 aromatic carbocycles. The SMILES string of the molecule is CCSc1cc(C(=O)N(C)CC(C)(C)O)ccn1. The minimum Gasteiger partial charge on any atom is -0.389 e. The van der Waals surface area contributed by atoms with Crippen molar-refractivity contribution in [3.63, 3.8) is 0 Å². The number of hydrogen-bond donors (Lipinski definition) is 1. The molecule has 4 nitrogen and oxygen atoms in total. The zero-order valence-electron chi connectivity index (χ0n) is 11.3. The summed E-state index contributed by atoms with van der Waals surface area (Å²) in [7, 11) is 1.69. The first kappa shape index (κ1) is 15.0. The van der Waals surface area contributed by atoms with E-state index in [-0.39, 0.29) is 5.91 Å². The van der Waals surface area contributed by atoms with Crippen LogP contribution in [0.25, 0.3) is 0 Å². The lowest BCUT2D eigenvalue weighted by atomic mass is 10.1. The Balaban J connectivity index is 2.80. The van der Waals surface area contributed by atoms with Gasteiger partial charge in [-0.1, -0.05) is 6.92 Å². The second kappa shape index (κ2) is 6.20. The number of nitrogens with zero attached hydrogens (tertiary/aromatic N) is 2. The zero-order valence-corrected chi connectivity index (χ0v) is 12.1. The highest BCUT2D eigenvalue weighted by Gasteiger charge is 2.20. The molecule has 100 valence electrons. The van der Waals surface area contributed by atoms with Crippen LogP contribution < -0.4 is 0 Å². The Labute approximate surface area is 112 Å². The molecule has 5 heteroatoms. The molecule has 0 unspecified atom stereocenters. The molecular weight excluding hydrogens is 248 g/mol. The van der Waals surface area contributed by atoms with E-state index in [1.165, 1.54) is 4.90 Å². The summed E-state index contributed by atoms with van der Waals surface area (Å²) in [5, 5.41) is 10.6. The summed E-state index contributed by atoms with van der Waals surface area (Å²) >= 11 is 1.60. The van der Waals surface area contributed by atoms with Gasteiger partial charge in [0, 0.05) is 25.4 Å². The normalized spacial score (nSPS) is 11.4. The van der Waals surface area contributed by atoms with Gasteiger partial charge in [0.05, 0.1) is 10.6 Å². The van der Waals surface area contributed by atoms with Crippen molar-refractivity contribution in [2.75, 3.05) is 19.3 Å². The highest BCUT2D eigenvalue weighted by Crippen LogP contribution is 2.17. The Morgan fingerprint density at radius 1 is 1.56 bits per heavy atom. The van der Waals surface area contributed by atoms with Gasteiger partial charge in [0.2, 0.25) is 0 Å². The van der Waals surface area contributed by atoms with Gasteiger partial charge in [-0.2, -0.15) is 0 Å². The van der Waals surface area contributed by atoms with Crippen LogP contribution in [-0.4, -0.2) is 45.8 Å². The number of carbonyl (C=O) groups excluding carboxylic acids is 1. The fraction of sp³-hybridized carbons (Fsp3) is 0.538. The first-order valence-corrected chi connectivity index (χ1v) is 6.89. The number of hydrogen-bond acceptors (Lipinski definition) is 4. The van der Waals surface area contributed by atoms with E-state index >= 15 is 0 Å². The molecule has 0 fully saturated rings. The van der Waals surface area contributed by atoms with Gasteiger partial charge in [0.15, 0.2) is 0 Å². The maximum Gasteiger partial charge on any atom is 0.253 e. The van der Waals surface area contributed by atoms with E-state index in [1.54, 1.807) is 51.0 Å². The fourth-order valence-electron chi connectivity index (χ4n) is 1.64. The summed E-state index contributed by atoms with van der Waals surface area (Å²) in [6.45, 7) is 5.70. The number of aliphatic hydroxyl groups is 1. The van der Waals surface area contributed by atoms with Crippen LogP contribution in [0.5, 0.6) is 0 Å². The Morgan fingerprint density at radius 3 is 2.78 bits per heavy atom. The standard InChI is InChI=1S/C13H20N2O2S/c1-5-18-11-8-10(6-7-14-11)12(16)15(4)9-13(2,3)17/h6-8,17H,5,9H2,1-4H3. The van der Waals surface area contributed by atoms with E-state index in [1.807, 2.05) is 6.92 Å². The molecule has 0 radical (unpaired) electrons. The minimum atomic E-state index is -0.890. The molecule has 1 amide bonds. The molecule has 0 saturated carbocycles. The molecule has 1 N–H and O–H groups in total. The third kappa shape index (κ3) is 4.66. The number of thioether (sulfide) groups is 1. The lowest BCUT2D eigenvalue weighted by molar-refractivity contribution is 0.0367. The first-order chi connectivity index (χ1) is 8.33. The second-order valence-corrected chi connectivity index (χ2v) is 6.07. The van der Waals surface area contributed by atoms with Gasteiger partial charge in [0.25, 0.3) is 5.91 Å². The van der Waals surface area contributed by atoms with Crippen LogP contribution in [-0.2, 0) is 0 Å². The van der Waals surface area contributed by atoms with Crippen LogP contribution >= 0.6 is 11.8 Å². The summed E-state index contributed by atoms with van der Waals surface area (Å²) in [5.74, 6) is 0.821. The molecule has 0 saturated heterocycles. The van der Waals surface area contributed by atoms with Gasteiger partial charge >= 0.3 is 0 Å². The van der Waals surface area contributed by atoms with E-state index in [9.17, 15) is 9.90 Å². The maximum absolute atomic E-state index is 12.2. The van der Waals surface area contributed by atoms with Gasteiger partial charge < -0.3 is 10.0 Å². The molecule has 1 heterocycles. The molecule has 0 atom stereocenters. The van der Waals surface area contributed by atoms with Crippen LogP contribution in [0.3, 0.4) is 0 Å². The van der Waals surface area contributed by atoms with Crippen LogP contribution in [0.2, 0.25) is 0 Å². The van der Waals surface area contributed by atoms with Crippen molar-refractivity contribution in [3.05, 3.63) is 23.9 Å². The number of aromatic nitrogens is 1. The molecule has 1 rings (SSSR count). The Morgan fingerprint density at radius 2 is 2.22 bits per heavy atom. The number of pyridine rings is 1. The maximum atomic E-state index is 12.2. The zero-order chi connectivity index (χ0) is 13.8. The highest BCUT2D eigenvalue weighted by molar-refractivity contribution is 7.99. The fourth-order valence-corrected chi connectivity index (χ4v) is 2.28. The molecule has 1 aromatic rings. The number of likely N-dealkylation sites (N-methyl/N-ethyl adjacent to an activating group) is 1. The van der Waals surface area contributed by atoms with Crippen molar-refractivity contribution in [2.24, 2.45) is 0 Å². The average Bonchev–Trinajstić information content (AvgIpc) is 2.26. The lowest BCUT2D eigenvalue weighted by Gasteiger charge is -2.25. The monoisotopic (exact) mass is 268 g/mol. The third-order valence-electron chi connectivity index (χ3n) is 2.24. The van der Waals surface area contributed by atoms with Crippen molar-refractivity contribution in [1.29, 1.82) is 0 Å². The second-order valence-electron chi connectivity index (χ2n) is 4.79. The summed E-state index contributed by atoms with van der Waals surface area (Å²) in [4.78, 5) is 17.9. The van der Waals surface area contributed by atoms with E-state index < -0.39 is 5.60 Å². The van der Waals surface area contributed by atoms with Crippen LogP contribution in [0.1, 0.15) is 31.1 Å². The van der Waals surface area contributed by atoms with Gasteiger partial charge in [-0.3, -0.25) is 4.79 Å². The third-order valence-corrected chi connectivity index (χ3v) is 3.05. The molecular formula is C13H20N2O2S. The Kier molecular flexibility index (Phi) is 5.16. The number of amides is 1. The molecule has 0 aliphatic rings. The molecule has 0 aliphatic heterocycles. The van der Waals surface area contributed by atoms with Crippen molar-refractivity contribution >= 4 is 17.7 Å². The van der Waals surface area contributed by atoms with Crippen molar-refractivity contribution in [3.8, 4) is 0 Å². The Bertz CT molecular complexity index is 416. The van der Waals surface area contributed by atoms with Gasteiger partial charge in [-0.15, -0.1) is 11.8 Å². The molecule has 18 heavy (non-hydrogen) atoms. The smallest absolute Gasteiger partial charge is 0.253 e. The predicted octanol–water partition coefficient (Wildman–Crippen LogP) is 2.04. The quantitative estimate of drug-likeness (QED) is 0.830. The summed E-state index contributed by atoms with van der Waals surface area (Å²) in [6.07, 6.45) is 1.64. The minimum absolute atomic E-state index is 0.0996. The molecule has 1 aromatic heterocycles.